The van der Waals surface area contributed by atoms with Crippen molar-refractivity contribution in [3.8, 4) is 22.8 Å². The monoisotopic (exact) mass is 414 g/mol. The Morgan fingerprint density at radius 2 is 2.04 bits per heavy atom. The summed E-state index contributed by atoms with van der Waals surface area (Å²) in [5.41, 5.74) is 4.62. The molecule has 0 spiro atoms. The number of H-pyrrole nitrogens is 1. The van der Waals surface area contributed by atoms with E-state index in [9.17, 15) is 9.90 Å². The lowest BCUT2D eigenvalue weighted by atomic mass is 10.1. The molecule has 1 heterocycles. The average molecular weight is 415 g/mol. The molecule has 3 rings (SSSR count). The second-order valence-corrected chi connectivity index (χ2v) is 6.21. The molecule has 7 nitrogen and oxygen atoms in total. The minimum atomic E-state index is -0.442. The summed E-state index contributed by atoms with van der Waals surface area (Å²) in [6, 6.07) is 13.9. The highest BCUT2D eigenvalue weighted by Crippen LogP contribution is 2.21. The van der Waals surface area contributed by atoms with Crippen molar-refractivity contribution in [3.05, 3.63) is 64.3 Å². The molecular formula is C18H15BrN4O3. The number of benzene rings is 2. The van der Waals surface area contributed by atoms with Crippen molar-refractivity contribution < 1.29 is 14.6 Å². The van der Waals surface area contributed by atoms with E-state index in [4.69, 9.17) is 4.74 Å². The first kappa shape index (κ1) is 17.7. The van der Waals surface area contributed by atoms with Crippen LogP contribution in [0.25, 0.3) is 11.3 Å². The minimum absolute atomic E-state index is 0.0644. The summed E-state index contributed by atoms with van der Waals surface area (Å²) in [6.07, 6.45) is 1.36. The number of hydrazone groups is 1. The number of phenols is 1. The average Bonchev–Trinajstić information content (AvgIpc) is 3.15. The minimum Gasteiger partial charge on any atom is -0.507 e. The molecule has 0 aliphatic heterocycles. The third kappa shape index (κ3) is 4.09. The zero-order valence-corrected chi connectivity index (χ0v) is 15.3. The van der Waals surface area contributed by atoms with Crippen LogP contribution in [-0.2, 0) is 0 Å². The molecule has 0 saturated carbocycles. The molecule has 132 valence electrons. The third-order valence-corrected chi connectivity index (χ3v) is 4.06. The van der Waals surface area contributed by atoms with E-state index >= 15 is 0 Å². The number of carbonyl (C=O) groups is 1. The van der Waals surface area contributed by atoms with Crippen molar-refractivity contribution in [1.29, 1.82) is 0 Å². The van der Waals surface area contributed by atoms with Gasteiger partial charge in [-0.05, 0) is 48.5 Å². The van der Waals surface area contributed by atoms with Gasteiger partial charge in [0.25, 0.3) is 5.91 Å². The number of aromatic amines is 1. The van der Waals surface area contributed by atoms with E-state index in [-0.39, 0.29) is 11.4 Å². The molecule has 3 N–H and O–H groups in total. The molecule has 3 aromatic rings. The molecule has 0 radical (unpaired) electrons. The number of ether oxygens (including phenoxy) is 1. The summed E-state index contributed by atoms with van der Waals surface area (Å²) < 4.78 is 5.91. The molecule has 0 unspecified atom stereocenters. The SMILES string of the molecule is COc1ccc(-c2cc(C(=O)NN=Cc3cc(Br)ccc3O)[nH]n2)cc1. The normalized spacial score (nSPS) is 10.8. The number of hydrogen-bond acceptors (Lipinski definition) is 5. The smallest absolute Gasteiger partial charge is 0.289 e. The van der Waals surface area contributed by atoms with Gasteiger partial charge in [-0.1, -0.05) is 15.9 Å². The maximum atomic E-state index is 12.1. The summed E-state index contributed by atoms with van der Waals surface area (Å²) >= 11 is 3.31. The number of amides is 1. The molecule has 0 aliphatic carbocycles. The standard InChI is InChI=1S/C18H15BrN4O3/c1-26-14-5-2-11(3-6-14)15-9-16(22-21-15)18(25)23-20-10-12-8-13(19)4-7-17(12)24/h2-10,24H,1H3,(H,21,22)(H,23,25). The zero-order valence-electron chi connectivity index (χ0n) is 13.7. The summed E-state index contributed by atoms with van der Waals surface area (Å²) in [6.45, 7) is 0. The number of nitrogens with one attached hydrogen (secondary N) is 2. The maximum absolute atomic E-state index is 12.1. The number of hydrogen-bond donors (Lipinski definition) is 3. The highest BCUT2D eigenvalue weighted by Gasteiger charge is 2.10. The van der Waals surface area contributed by atoms with Gasteiger partial charge in [-0.15, -0.1) is 0 Å². The van der Waals surface area contributed by atoms with E-state index in [0.717, 1.165) is 15.8 Å². The van der Waals surface area contributed by atoms with Gasteiger partial charge in [0.1, 0.15) is 17.2 Å². The van der Waals surface area contributed by atoms with Gasteiger partial charge in [0.05, 0.1) is 19.0 Å². The Hall–Kier alpha value is -3.13. The lowest BCUT2D eigenvalue weighted by molar-refractivity contribution is 0.0950. The molecule has 1 aromatic heterocycles. The molecular weight excluding hydrogens is 400 g/mol. The van der Waals surface area contributed by atoms with Gasteiger partial charge in [-0.2, -0.15) is 10.2 Å². The molecule has 0 bridgehead atoms. The first-order valence-electron chi connectivity index (χ1n) is 7.58. The number of carbonyl (C=O) groups excluding carboxylic acids is 1. The van der Waals surface area contributed by atoms with Gasteiger partial charge in [0.2, 0.25) is 0 Å². The molecule has 0 atom stereocenters. The maximum Gasteiger partial charge on any atom is 0.289 e. The Balaban J connectivity index is 1.68. The molecule has 26 heavy (non-hydrogen) atoms. The van der Waals surface area contributed by atoms with Gasteiger partial charge in [0, 0.05) is 15.6 Å². The summed E-state index contributed by atoms with van der Waals surface area (Å²) in [4.78, 5) is 12.1. The van der Waals surface area contributed by atoms with Crippen LogP contribution in [0, 0.1) is 0 Å². The van der Waals surface area contributed by atoms with Gasteiger partial charge in [0.15, 0.2) is 0 Å². The van der Waals surface area contributed by atoms with Gasteiger partial charge in [-0.3, -0.25) is 9.89 Å². The van der Waals surface area contributed by atoms with Gasteiger partial charge >= 0.3 is 0 Å². The Bertz CT molecular complexity index is 951. The fourth-order valence-electron chi connectivity index (χ4n) is 2.20. The number of methoxy groups -OCH3 is 1. The molecule has 1 amide bonds. The molecule has 8 heteroatoms. The first-order valence-corrected chi connectivity index (χ1v) is 8.38. The highest BCUT2D eigenvalue weighted by molar-refractivity contribution is 9.10. The summed E-state index contributed by atoms with van der Waals surface area (Å²) in [7, 11) is 1.60. The van der Waals surface area contributed by atoms with Crippen molar-refractivity contribution >= 4 is 28.1 Å². The summed E-state index contributed by atoms with van der Waals surface area (Å²) in [5.74, 6) is 0.366. The number of aromatic hydroxyl groups is 1. The predicted octanol–water partition coefficient (Wildman–Crippen LogP) is 3.32. The van der Waals surface area contributed by atoms with Crippen LogP contribution in [0.3, 0.4) is 0 Å². The van der Waals surface area contributed by atoms with Crippen LogP contribution in [0.1, 0.15) is 16.1 Å². The number of rotatable bonds is 5. The Kier molecular flexibility index (Phi) is 5.33. The van der Waals surface area contributed by atoms with E-state index in [2.05, 4.69) is 36.7 Å². The van der Waals surface area contributed by atoms with Crippen LogP contribution < -0.4 is 10.2 Å². The fourth-order valence-corrected chi connectivity index (χ4v) is 2.58. The molecule has 0 fully saturated rings. The fraction of sp³-hybridized carbons (Fsp3) is 0.0556. The first-order chi connectivity index (χ1) is 12.6. The van der Waals surface area contributed by atoms with Crippen LogP contribution in [0.4, 0.5) is 0 Å². The zero-order chi connectivity index (χ0) is 18.5. The summed E-state index contributed by atoms with van der Waals surface area (Å²) in [5, 5.41) is 20.4. The van der Waals surface area contributed by atoms with Crippen molar-refractivity contribution in [2.75, 3.05) is 7.11 Å². The van der Waals surface area contributed by atoms with Crippen molar-refractivity contribution in [2.45, 2.75) is 0 Å². The van der Waals surface area contributed by atoms with Gasteiger partial charge in [-0.25, -0.2) is 5.43 Å². The Morgan fingerprint density at radius 1 is 1.27 bits per heavy atom. The van der Waals surface area contributed by atoms with E-state index < -0.39 is 5.91 Å². The number of phenolic OH excluding ortho intramolecular Hbond substituents is 1. The van der Waals surface area contributed by atoms with Crippen molar-refractivity contribution in [1.82, 2.24) is 15.6 Å². The Morgan fingerprint density at radius 3 is 2.77 bits per heavy atom. The molecule has 2 aromatic carbocycles. The molecule has 0 saturated heterocycles. The van der Waals surface area contributed by atoms with E-state index in [0.29, 0.717) is 11.3 Å². The molecule has 0 aliphatic rings. The van der Waals surface area contributed by atoms with Crippen molar-refractivity contribution in [2.24, 2.45) is 5.10 Å². The van der Waals surface area contributed by atoms with E-state index in [1.807, 2.05) is 24.3 Å². The topological polar surface area (TPSA) is 99.6 Å². The van der Waals surface area contributed by atoms with Crippen LogP contribution in [0.2, 0.25) is 0 Å². The lowest BCUT2D eigenvalue weighted by Crippen LogP contribution is -2.18. The second kappa shape index (κ2) is 7.83. The number of nitrogens with zero attached hydrogens (tertiary/aromatic N) is 2. The van der Waals surface area contributed by atoms with Crippen LogP contribution in [-0.4, -0.2) is 34.5 Å². The van der Waals surface area contributed by atoms with Crippen molar-refractivity contribution in [3.63, 3.8) is 0 Å². The van der Waals surface area contributed by atoms with Crippen LogP contribution in [0.5, 0.6) is 11.5 Å². The Labute approximate surface area is 157 Å². The number of aromatic nitrogens is 2. The largest absolute Gasteiger partial charge is 0.507 e. The van der Waals surface area contributed by atoms with E-state index in [1.54, 1.807) is 25.3 Å². The van der Waals surface area contributed by atoms with Gasteiger partial charge < -0.3 is 9.84 Å². The third-order valence-electron chi connectivity index (χ3n) is 3.57. The van der Waals surface area contributed by atoms with Crippen LogP contribution >= 0.6 is 15.9 Å². The van der Waals surface area contributed by atoms with Crippen LogP contribution in [0.15, 0.2) is 58.1 Å². The second-order valence-electron chi connectivity index (χ2n) is 5.30. The number of halogens is 1. The van der Waals surface area contributed by atoms with E-state index in [1.165, 1.54) is 12.3 Å². The quantitative estimate of drug-likeness (QED) is 0.440. The predicted molar refractivity (Wildman–Crippen MR) is 101 cm³/mol. The highest BCUT2D eigenvalue weighted by atomic mass is 79.9. The lowest BCUT2D eigenvalue weighted by Gasteiger charge is -2.00.